The highest BCUT2D eigenvalue weighted by atomic mass is 19.1. The standard InChI is InChI=1S/C17H25FN2O4/c1-10(2)20-15(21)7-13-16(22)17(23)14(24-13)9-19-8-11-3-5-12(18)6-4-11/h3-6,10,13-14,16-17,19,22-23H,7-9H2,1-2H3,(H,20,21). The van der Waals surface area contributed by atoms with Gasteiger partial charge in [0.15, 0.2) is 0 Å². The average molecular weight is 340 g/mol. The summed E-state index contributed by atoms with van der Waals surface area (Å²) in [5, 5.41) is 25.9. The van der Waals surface area contributed by atoms with Gasteiger partial charge in [-0.05, 0) is 31.5 Å². The minimum absolute atomic E-state index is 0.00483. The van der Waals surface area contributed by atoms with E-state index in [1.165, 1.54) is 12.1 Å². The first kappa shape index (κ1) is 18.8. The number of halogens is 1. The van der Waals surface area contributed by atoms with Crippen LogP contribution < -0.4 is 10.6 Å². The van der Waals surface area contributed by atoms with Crippen LogP contribution in [0.15, 0.2) is 24.3 Å². The minimum Gasteiger partial charge on any atom is -0.388 e. The predicted octanol–water partition coefficient (Wildman–Crippen LogP) is 0.319. The topological polar surface area (TPSA) is 90.8 Å². The van der Waals surface area contributed by atoms with Crippen molar-refractivity contribution in [2.75, 3.05) is 6.54 Å². The summed E-state index contributed by atoms with van der Waals surface area (Å²) < 4.78 is 18.5. The number of benzene rings is 1. The molecular formula is C17H25FN2O4. The number of aliphatic hydroxyl groups is 2. The number of amides is 1. The van der Waals surface area contributed by atoms with Crippen LogP contribution >= 0.6 is 0 Å². The first-order chi connectivity index (χ1) is 11.4. The van der Waals surface area contributed by atoms with E-state index >= 15 is 0 Å². The fourth-order valence-corrected chi connectivity index (χ4v) is 2.69. The van der Waals surface area contributed by atoms with Gasteiger partial charge in [-0.25, -0.2) is 4.39 Å². The first-order valence-electron chi connectivity index (χ1n) is 8.13. The molecule has 1 aliphatic heterocycles. The van der Waals surface area contributed by atoms with E-state index in [4.69, 9.17) is 4.74 Å². The Kier molecular flexibility index (Phi) is 6.68. The number of rotatable bonds is 7. The molecule has 0 aromatic heterocycles. The quantitative estimate of drug-likeness (QED) is 0.574. The highest BCUT2D eigenvalue weighted by Gasteiger charge is 2.43. The van der Waals surface area contributed by atoms with Crippen LogP contribution in [-0.4, -0.2) is 53.1 Å². The zero-order valence-corrected chi connectivity index (χ0v) is 13.9. The normalized spacial score (nSPS) is 26.8. The second-order valence-corrected chi connectivity index (χ2v) is 6.38. The first-order valence-corrected chi connectivity index (χ1v) is 8.13. The lowest BCUT2D eigenvalue weighted by molar-refractivity contribution is -0.125. The lowest BCUT2D eigenvalue weighted by Crippen LogP contribution is -2.38. The van der Waals surface area contributed by atoms with Gasteiger partial charge in [0.2, 0.25) is 5.91 Å². The molecule has 1 saturated heterocycles. The van der Waals surface area contributed by atoms with Crippen molar-refractivity contribution in [3.8, 4) is 0 Å². The Morgan fingerprint density at radius 3 is 2.46 bits per heavy atom. The molecule has 7 heteroatoms. The molecule has 0 saturated carbocycles. The average Bonchev–Trinajstić information content (AvgIpc) is 2.77. The fourth-order valence-electron chi connectivity index (χ4n) is 2.69. The Morgan fingerprint density at radius 2 is 1.83 bits per heavy atom. The van der Waals surface area contributed by atoms with Gasteiger partial charge in [-0.3, -0.25) is 4.79 Å². The lowest BCUT2D eigenvalue weighted by atomic mass is 10.1. The van der Waals surface area contributed by atoms with Crippen molar-refractivity contribution in [3.05, 3.63) is 35.6 Å². The Hall–Kier alpha value is -1.54. The Morgan fingerprint density at radius 1 is 1.21 bits per heavy atom. The molecule has 24 heavy (non-hydrogen) atoms. The molecule has 0 radical (unpaired) electrons. The maximum absolute atomic E-state index is 12.8. The molecular weight excluding hydrogens is 315 g/mol. The van der Waals surface area contributed by atoms with Crippen LogP contribution in [0, 0.1) is 5.82 Å². The molecule has 134 valence electrons. The van der Waals surface area contributed by atoms with Crippen molar-refractivity contribution in [3.63, 3.8) is 0 Å². The fraction of sp³-hybridized carbons (Fsp3) is 0.588. The molecule has 1 amide bonds. The summed E-state index contributed by atoms with van der Waals surface area (Å²) in [5.74, 6) is -0.514. The maximum atomic E-state index is 12.8. The number of nitrogens with one attached hydrogen (secondary N) is 2. The summed E-state index contributed by atoms with van der Waals surface area (Å²) in [6.07, 6.45) is -3.47. The van der Waals surface area contributed by atoms with Gasteiger partial charge in [0.05, 0.1) is 18.6 Å². The van der Waals surface area contributed by atoms with Gasteiger partial charge >= 0.3 is 0 Å². The van der Waals surface area contributed by atoms with Crippen molar-refractivity contribution in [1.29, 1.82) is 0 Å². The summed E-state index contributed by atoms with van der Waals surface area (Å²) in [6.45, 7) is 4.50. The third-order valence-corrected chi connectivity index (χ3v) is 3.89. The van der Waals surface area contributed by atoms with E-state index in [-0.39, 0.29) is 24.2 Å². The van der Waals surface area contributed by atoms with Crippen LogP contribution in [0.5, 0.6) is 0 Å². The van der Waals surface area contributed by atoms with Crippen LogP contribution in [0.25, 0.3) is 0 Å². The Bertz CT molecular complexity index is 538. The van der Waals surface area contributed by atoms with Crippen molar-refractivity contribution >= 4 is 5.91 Å². The summed E-state index contributed by atoms with van der Waals surface area (Å²) in [5.41, 5.74) is 0.900. The zero-order valence-electron chi connectivity index (χ0n) is 13.9. The molecule has 2 rings (SSSR count). The monoisotopic (exact) mass is 340 g/mol. The molecule has 6 nitrogen and oxygen atoms in total. The van der Waals surface area contributed by atoms with Gasteiger partial charge in [-0.1, -0.05) is 12.1 Å². The molecule has 1 fully saturated rings. The number of hydrogen-bond donors (Lipinski definition) is 4. The summed E-state index contributed by atoms with van der Waals surface area (Å²) in [6, 6.07) is 6.11. The maximum Gasteiger partial charge on any atom is 0.222 e. The number of hydrogen-bond acceptors (Lipinski definition) is 5. The number of ether oxygens (including phenoxy) is 1. The van der Waals surface area contributed by atoms with E-state index in [1.54, 1.807) is 12.1 Å². The highest BCUT2D eigenvalue weighted by molar-refractivity contribution is 5.76. The van der Waals surface area contributed by atoms with Gasteiger partial charge in [-0.2, -0.15) is 0 Å². The molecule has 1 aliphatic rings. The van der Waals surface area contributed by atoms with Crippen molar-refractivity contribution in [2.24, 2.45) is 0 Å². The molecule has 4 unspecified atom stereocenters. The smallest absolute Gasteiger partial charge is 0.222 e. The van der Waals surface area contributed by atoms with Crippen LogP contribution in [-0.2, 0) is 16.1 Å². The summed E-state index contributed by atoms with van der Waals surface area (Å²) in [7, 11) is 0. The molecule has 0 bridgehead atoms. The molecule has 1 heterocycles. The van der Waals surface area contributed by atoms with Gasteiger partial charge in [-0.15, -0.1) is 0 Å². The van der Waals surface area contributed by atoms with Crippen LogP contribution in [0.1, 0.15) is 25.8 Å². The second-order valence-electron chi connectivity index (χ2n) is 6.38. The zero-order chi connectivity index (χ0) is 17.7. The highest BCUT2D eigenvalue weighted by Crippen LogP contribution is 2.23. The summed E-state index contributed by atoms with van der Waals surface area (Å²) >= 11 is 0. The Labute approximate surface area is 141 Å². The predicted molar refractivity (Wildman–Crippen MR) is 86.7 cm³/mol. The third-order valence-electron chi connectivity index (χ3n) is 3.89. The van der Waals surface area contributed by atoms with Gasteiger partial charge < -0.3 is 25.6 Å². The van der Waals surface area contributed by atoms with E-state index in [1.807, 2.05) is 13.8 Å². The molecule has 0 spiro atoms. The van der Waals surface area contributed by atoms with Crippen LogP contribution in [0.2, 0.25) is 0 Å². The van der Waals surface area contributed by atoms with E-state index in [0.717, 1.165) is 5.56 Å². The lowest BCUT2D eigenvalue weighted by Gasteiger charge is -2.16. The third kappa shape index (κ3) is 5.24. The van der Waals surface area contributed by atoms with Crippen LogP contribution in [0.3, 0.4) is 0 Å². The molecule has 1 aromatic rings. The number of aliphatic hydroxyl groups excluding tert-OH is 2. The SMILES string of the molecule is CC(C)NC(=O)CC1OC(CNCc2ccc(F)cc2)C(O)C1O. The van der Waals surface area contributed by atoms with Crippen molar-refractivity contribution < 1.29 is 24.1 Å². The Balaban J connectivity index is 1.79. The van der Waals surface area contributed by atoms with E-state index < -0.39 is 24.4 Å². The van der Waals surface area contributed by atoms with E-state index in [9.17, 15) is 19.4 Å². The number of carbonyl (C=O) groups excluding carboxylic acids is 1. The molecule has 0 aliphatic carbocycles. The van der Waals surface area contributed by atoms with E-state index in [0.29, 0.717) is 13.1 Å². The largest absolute Gasteiger partial charge is 0.388 e. The van der Waals surface area contributed by atoms with Gasteiger partial charge in [0.25, 0.3) is 0 Å². The second kappa shape index (κ2) is 8.53. The molecule has 1 aromatic carbocycles. The summed E-state index contributed by atoms with van der Waals surface area (Å²) in [4.78, 5) is 11.8. The van der Waals surface area contributed by atoms with Crippen molar-refractivity contribution in [2.45, 2.75) is 57.3 Å². The van der Waals surface area contributed by atoms with Crippen molar-refractivity contribution in [1.82, 2.24) is 10.6 Å². The van der Waals surface area contributed by atoms with E-state index in [2.05, 4.69) is 10.6 Å². The van der Waals surface area contributed by atoms with Gasteiger partial charge in [0, 0.05) is 19.1 Å². The molecule has 4 N–H and O–H groups in total. The minimum atomic E-state index is -1.10. The molecule has 4 atom stereocenters. The van der Waals surface area contributed by atoms with Gasteiger partial charge in [0.1, 0.15) is 18.0 Å². The van der Waals surface area contributed by atoms with Crippen LogP contribution in [0.4, 0.5) is 4.39 Å². The number of carbonyl (C=O) groups is 1.